The Morgan fingerprint density at radius 1 is 1.19 bits per heavy atom. The SMILES string of the molecule is CCCCCN1CCC(CCOc2ccc(Cl)c(Cl)c2)C2(C1)OCCO2. The predicted octanol–water partition coefficient (Wildman–Crippen LogP) is 5.02. The standard InChI is InChI=1S/C20H29Cl2NO3/c1-2-3-4-9-23-10-7-16(20(15-23)25-12-13-26-20)8-11-24-17-5-6-18(21)19(22)14-17/h5-6,14,16H,2-4,7-13,15H2,1H3. The third-order valence-corrected chi connectivity index (χ3v) is 6.08. The molecule has 2 aliphatic heterocycles. The second kappa shape index (κ2) is 9.61. The predicted molar refractivity (Wildman–Crippen MR) is 105 cm³/mol. The number of unbranched alkanes of at least 4 members (excludes halogenated alkanes) is 2. The van der Waals surface area contributed by atoms with E-state index in [-0.39, 0.29) is 0 Å². The minimum Gasteiger partial charge on any atom is -0.494 e. The van der Waals surface area contributed by atoms with Crippen LogP contribution in [-0.2, 0) is 9.47 Å². The Morgan fingerprint density at radius 2 is 2.00 bits per heavy atom. The Balaban J connectivity index is 1.52. The summed E-state index contributed by atoms with van der Waals surface area (Å²) in [6.07, 6.45) is 5.77. The molecule has 4 nitrogen and oxygen atoms in total. The quantitative estimate of drug-likeness (QED) is 0.572. The molecule has 0 saturated carbocycles. The molecule has 2 fully saturated rings. The maximum Gasteiger partial charge on any atom is 0.184 e. The molecule has 0 aliphatic carbocycles. The first-order valence-electron chi connectivity index (χ1n) is 9.71. The Kier molecular flexibility index (Phi) is 7.47. The van der Waals surface area contributed by atoms with Crippen molar-refractivity contribution in [3.05, 3.63) is 28.2 Å². The Bertz CT molecular complexity index is 578. The Morgan fingerprint density at radius 3 is 2.73 bits per heavy atom. The van der Waals surface area contributed by atoms with Crippen LogP contribution in [0.4, 0.5) is 0 Å². The highest BCUT2D eigenvalue weighted by Crippen LogP contribution is 2.37. The van der Waals surface area contributed by atoms with E-state index in [1.807, 2.05) is 6.07 Å². The van der Waals surface area contributed by atoms with E-state index in [0.717, 1.165) is 38.2 Å². The number of nitrogens with zero attached hydrogens (tertiary/aromatic N) is 1. The summed E-state index contributed by atoms with van der Waals surface area (Å²) in [7, 11) is 0. The highest BCUT2D eigenvalue weighted by Gasteiger charge is 2.47. The first kappa shape index (κ1) is 20.2. The average molecular weight is 402 g/mol. The van der Waals surface area contributed by atoms with Gasteiger partial charge in [-0.05, 0) is 44.5 Å². The van der Waals surface area contributed by atoms with Crippen molar-refractivity contribution in [2.45, 2.75) is 44.8 Å². The number of hydrogen-bond acceptors (Lipinski definition) is 4. The fourth-order valence-electron chi connectivity index (χ4n) is 3.90. The molecule has 3 rings (SSSR count). The van der Waals surface area contributed by atoms with Crippen LogP contribution in [0, 0.1) is 5.92 Å². The van der Waals surface area contributed by atoms with Crippen molar-refractivity contribution < 1.29 is 14.2 Å². The van der Waals surface area contributed by atoms with E-state index in [9.17, 15) is 0 Å². The summed E-state index contributed by atoms with van der Waals surface area (Å²) in [5.74, 6) is 0.653. The van der Waals surface area contributed by atoms with Crippen molar-refractivity contribution in [1.82, 2.24) is 4.90 Å². The number of likely N-dealkylation sites (tertiary alicyclic amines) is 1. The highest BCUT2D eigenvalue weighted by molar-refractivity contribution is 6.42. The maximum absolute atomic E-state index is 6.11. The monoisotopic (exact) mass is 401 g/mol. The first-order chi connectivity index (χ1) is 12.6. The number of piperidine rings is 1. The van der Waals surface area contributed by atoms with Crippen molar-refractivity contribution in [3.8, 4) is 5.75 Å². The van der Waals surface area contributed by atoms with Gasteiger partial charge in [-0.3, -0.25) is 4.90 Å². The molecule has 0 radical (unpaired) electrons. The largest absolute Gasteiger partial charge is 0.494 e. The van der Waals surface area contributed by atoms with Crippen LogP contribution >= 0.6 is 23.2 Å². The molecule has 146 valence electrons. The minimum absolute atomic E-state index is 0.357. The van der Waals surface area contributed by atoms with Crippen LogP contribution in [0.1, 0.15) is 39.0 Å². The summed E-state index contributed by atoms with van der Waals surface area (Å²) in [4.78, 5) is 2.50. The molecule has 6 heteroatoms. The lowest BCUT2D eigenvalue weighted by Gasteiger charge is -2.44. The fourth-order valence-corrected chi connectivity index (χ4v) is 4.19. The van der Waals surface area contributed by atoms with E-state index >= 15 is 0 Å². The summed E-state index contributed by atoms with van der Waals surface area (Å²) in [6, 6.07) is 5.38. The van der Waals surface area contributed by atoms with Crippen LogP contribution in [0.25, 0.3) is 0 Å². The number of ether oxygens (including phenoxy) is 3. The molecule has 0 bridgehead atoms. The van der Waals surface area contributed by atoms with Gasteiger partial charge >= 0.3 is 0 Å². The summed E-state index contributed by atoms with van der Waals surface area (Å²) in [5, 5.41) is 1.06. The average Bonchev–Trinajstić information content (AvgIpc) is 3.09. The molecule has 2 saturated heterocycles. The van der Waals surface area contributed by atoms with E-state index in [1.54, 1.807) is 12.1 Å². The summed E-state index contributed by atoms with van der Waals surface area (Å²) >= 11 is 12.0. The van der Waals surface area contributed by atoms with Crippen LogP contribution in [0.2, 0.25) is 10.0 Å². The topological polar surface area (TPSA) is 30.9 Å². The molecule has 2 aliphatic rings. The van der Waals surface area contributed by atoms with Gasteiger partial charge in [-0.1, -0.05) is 43.0 Å². The highest BCUT2D eigenvalue weighted by atomic mass is 35.5. The van der Waals surface area contributed by atoms with E-state index in [4.69, 9.17) is 37.4 Å². The van der Waals surface area contributed by atoms with Crippen LogP contribution < -0.4 is 4.74 Å². The molecule has 0 aromatic heterocycles. The first-order valence-corrected chi connectivity index (χ1v) is 10.5. The maximum atomic E-state index is 6.11. The summed E-state index contributed by atoms with van der Waals surface area (Å²) < 4.78 is 18.1. The molecule has 2 heterocycles. The molecular weight excluding hydrogens is 373 g/mol. The van der Waals surface area contributed by atoms with Gasteiger partial charge in [0.2, 0.25) is 0 Å². The molecule has 1 spiro atoms. The lowest BCUT2D eigenvalue weighted by molar-refractivity contribution is -0.226. The molecule has 1 aromatic carbocycles. The second-order valence-electron chi connectivity index (χ2n) is 7.19. The number of benzene rings is 1. The molecule has 26 heavy (non-hydrogen) atoms. The third kappa shape index (κ3) is 5.05. The van der Waals surface area contributed by atoms with Crippen molar-refractivity contribution in [2.24, 2.45) is 5.92 Å². The van der Waals surface area contributed by atoms with Gasteiger partial charge in [0.05, 0.1) is 36.4 Å². The second-order valence-corrected chi connectivity index (χ2v) is 8.01. The summed E-state index contributed by atoms with van der Waals surface area (Å²) in [5.41, 5.74) is 0. The Labute approximate surface area is 166 Å². The van der Waals surface area contributed by atoms with E-state index in [0.29, 0.717) is 35.8 Å². The molecule has 1 unspecified atom stereocenters. The zero-order chi connectivity index (χ0) is 18.4. The lowest BCUT2D eigenvalue weighted by Crippen LogP contribution is -2.55. The zero-order valence-corrected chi connectivity index (χ0v) is 17.0. The zero-order valence-electron chi connectivity index (χ0n) is 15.5. The number of hydrogen-bond donors (Lipinski definition) is 0. The molecule has 0 N–H and O–H groups in total. The third-order valence-electron chi connectivity index (χ3n) is 5.34. The Hall–Kier alpha value is -0.520. The molecule has 0 amide bonds. The fraction of sp³-hybridized carbons (Fsp3) is 0.700. The molecule has 1 aromatic rings. The normalized spacial score (nSPS) is 22.8. The van der Waals surface area contributed by atoms with Gasteiger partial charge in [0.1, 0.15) is 5.75 Å². The van der Waals surface area contributed by atoms with Crippen LogP contribution in [0.5, 0.6) is 5.75 Å². The van der Waals surface area contributed by atoms with Crippen molar-refractivity contribution in [3.63, 3.8) is 0 Å². The van der Waals surface area contributed by atoms with Crippen LogP contribution in [0.15, 0.2) is 18.2 Å². The number of halogens is 2. The van der Waals surface area contributed by atoms with Crippen molar-refractivity contribution in [2.75, 3.05) is 39.5 Å². The van der Waals surface area contributed by atoms with Gasteiger partial charge in [-0.2, -0.15) is 0 Å². The molecule has 1 atom stereocenters. The number of rotatable bonds is 8. The van der Waals surface area contributed by atoms with Crippen molar-refractivity contribution >= 4 is 23.2 Å². The van der Waals surface area contributed by atoms with Gasteiger partial charge in [0.15, 0.2) is 5.79 Å². The van der Waals surface area contributed by atoms with Crippen LogP contribution in [-0.4, -0.2) is 50.1 Å². The van der Waals surface area contributed by atoms with E-state index in [1.165, 1.54) is 19.3 Å². The lowest BCUT2D eigenvalue weighted by atomic mass is 9.87. The van der Waals surface area contributed by atoms with Gasteiger partial charge in [0, 0.05) is 12.0 Å². The minimum atomic E-state index is -0.453. The molecular formula is C20H29Cl2NO3. The van der Waals surface area contributed by atoms with E-state index < -0.39 is 5.79 Å². The summed E-state index contributed by atoms with van der Waals surface area (Å²) in [6.45, 7) is 7.34. The van der Waals surface area contributed by atoms with Crippen molar-refractivity contribution in [1.29, 1.82) is 0 Å². The van der Waals surface area contributed by atoms with Gasteiger partial charge < -0.3 is 14.2 Å². The van der Waals surface area contributed by atoms with Gasteiger partial charge in [-0.15, -0.1) is 0 Å². The van der Waals surface area contributed by atoms with E-state index in [2.05, 4.69) is 11.8 Å². The van der Waals surface area contributed by atoms with Gasteiger partial charge in [0.25, 0.3) is 0 Å². The van der Waals surface area contributed by atoms with Crippen LogP contribution in [0.3, 0.4) is 0 Å². The smallest absolute Gasteiger partial charge is 0.184 e. The van der Waals surface area contributed by atoms with Gasteiger partial charge in [-0.25, -0.2) is 0 Å².